The predicted molar refractivity (Wildman–Crippen MR) is 99.9 cm³/mol. The number of primary amides is 1. The standard InChI is InChI=1S/C19H20ClN3O2/c20-14-5-3-4-13(12-14)19(10-1-2-11-19)17(24)22-15-6-8-16(9-7-15)23-18(21)25/h3-9,12H,1-2,10-11H2,(H,22,24)(H3,21,23,25). The normalized spacial score (nSPS) is 15.6. The van der Waals surface area contributed by atoms with Crippen LogP contribution in [-0.2, 0) is 10.2 Å². The van der Waals surface area contributed by atoms with Crippen molar-refractivity contribution < 1.29 is 9.59 Å². The summed E-state index contributed by atoms with van der Waals surface area (Å²) in [6, 6.07) is 13.8. The van der Waals surface area contributed by atoms with Gasteiger partial charge in [-0.3, -0.25) is 4.79 Å². The Morgan fingerprint density at radius 2 is 1.56 bits per heavy atom. The molecule has 0 aliphatic heterocycles. The summed E-state index contributed by atoms with van der Waals surface area (Å²) in [4.78, 5) is 23.9. The van der Waals surface area contributed by atoms with Crippen molar-refractivity contribution in [3.8, 4) is 0 Å². The fourth-order valence-electron chi connectivity index (χ4n) is 3.44. The van der Waals surface area contributed by atoms with Gasteiger partial charge in [-0.25, -0.2) is 4.79 Å². The highest BCUT2D eigenvalue weighted by Gasteiger charge is 2.42. The number of nitrogens with two attached hydrogens (primary N) is 1. The molecule has 1 aliphatic rings. The van der Waals surface area contributed by atoms with Crippen LogP contribution in [0.1, 0.15) is 31.2 Å². The molecule has 0 saturated heterocycles. The Kier molecular flexibility index (Phi) is 4.95. The van der Waals surface area contributed by atoms with Gasteiger partial charge in [0.2, 0.25) is 5.91 Å². The number of halogens is 1. The summed E-state index contributed by atoms with van der Waals surface area (Å²) < 4.78 is 0. The van der Waals surface area contributed by atoms with Crippen molar-refractivity contribution in [2.45, 2.75) is 31.1 Å². The molecule has 5 nitrogen and oxygen atoms in total. The summed E-state index contributed by atoms with van der Waals surface area (Å²) >= 11 is 6.13. The van der Waals surface area contributed by atoms with Crippen molar-refractivity contribution in [2.24, 2.45) is 5.73 Å². The van der Waals surface area contributed by atoms with Gasteiger partial charge >= 0.3 is 6.03 Å². The zero-order chi connectivity index (χ0) is 17.9. The second kappa shape index (κ2) is 7.15. The molecule has 0 radical (unpaired) electrons. The summed E-state index contributed by atoms with van der Waals surface area (Å²) in [6.07, 6.45) is 3.64. The molecule has 0 heterocycles. The van der Waals surface area contributed by atoms with Crippen LogP contribution in [0, 0.1) is 0 Å². The van der Waals surface area contributed by atoms with Gasteiger partial charge in [-0.05, 0) is 54.8 Å². The Morgan fingerprint density at radius 3 is 2.12 bits per heavy atom. The monoisotopic (exact) mass is 357 g/mol. The highest BCUT2D eigenvalue weighted by Crippen LogP contribution is 2.42. The van der Waals surface area contributed by atoms with Crippen LogP contribution in [0.3, 0.4) is 0 Å². The Bertz CT molecular complexity index is 784. The maximum absolute atomic E-state index is 13.1. The van der Waals surface area contributed by atoms with Crippen molar-refractivity contribution >= 4 is 34.9 Å². The minimum atomic E-state index is -0.623. The van der Waals surface area contributed by atoms with Crippen molar-refractivity contribution in [2.75, 3.05) is 10.6 Å². The average Bonchev–Trinajstić information content (AvgIpc) is 3.07. The molecule has 0 bridgehead atoms. The number of carbonyl (C=O) groups excluding carboxylic acids is 2. The Morgan fingerprint density at radius 1 is 0.960 bits per heavy atom. The van der Waals surface area contributed by atoms with E-state index in [2.05, 4.69) is 10.6 Å². The minimum absolute atomic E-state index is 0.0251. The molecule has 0 unspecified atom stereocenters. The summed E-state index contributed by atoms with van der Waals surface area (Å²) in [5.74, 6) is -0.0251. The first kappa shape index (κ1) is 17.3. The maximum Gasteiger partial charge on any atom is 0.316 e. The molecule has 2 aromatic rings. The Hall–Kier alpha value is -2.53. The number of anilines is 2. The third-order valence-corrected chi connectivity index (χ3v) is 4.91. The molecule has 1 fully saturated rings. The number of hydrogen-bond acceptors (Lipinski definition) is 2. The van der Waals surface area contributed by atoms with Crippen molar-refractivity contribution in [3.05, 3.63) is 59.1 Å². The van der Waals surface area contributed by atoms with Crippen LogP contribution in [0.2, 0.25) is 5.02 Å². The number of carbonyl (C=O) groups is 2. The van der Waals surface area contributed by atoms with Crippen LogP contribution >= 0.6 is 11.6 Å². The summed E-state index contributed by atoms with van der Waals surface area (Å²) in [5.41, 5.74) is 6.76. The third kappa shape index (κ3) is 3.77. The number of rotatable bonds is 4. The number of hydrogen-bond donors (Lipinski definition) is 3. The van der Waals surface area contributed by atoms with Gasteiger partial charge in [-0.2, -0.15) is 0 Å². The fraction of sp³-hybridized carbons (Fsp3) is 0.263. The van der Waals surface area contributed by atoms with E-state index in [9.17, 15) is 9.59 Å². The zero-order valence-electron chi connectivity index (χ0n) is 13.7. The van der Waals surface area contributed by atoms with Gasteiger partial charge in [-0.1, -0.05) is 36.6 Å². The van der Waals surface area contributed by atoms with E-state index in [1.165, 1.54) is 0 Å². The van der Waals surface area contributed by atoms with Crippen molar-refractivity contribution in [3.63, 3.8) is 0 Å². The molecule has 130 valence electrons. The predicted octanol–water partition coefficient (Wildman–Crippen LogP) is 4.28. The van der Waals surface area contributed by atoms with E-state index in [4.69, 9.17) is 17.3 Å². The quantitative estimate of drug-likeness (QED) is 0.762. The topological polar surface area (TPSA) is 84.2 Å². The largest absolute Gasteiger partial charge is 0.351 e. The molecule has 2 aromatic carbocycles. The fourth-order valence-corrected chi connectivity index (χ4v) is 3.63. The minimum Gasteiger partial charge on any atom is -0.351 e. The molecular weight excluding hydrogens is 338 g/mol. The number of urea groups is 1. The second-order valence-electron chi connectivity index (χ2n) is 6.32. The Labute approximate surface area is 151 Å². The number of benzene rings is 2. The third-order valence-electron chi connectivity index (χ3n) is 4.68. The zero-order valence-corrected chi connectivity index (χ0v) is 14.5. The van der Waals surface area contributed by atoms with E-state index in [-0.39, 0.29) is 5.91 Å². The lowest BCUT2D eigenvalue weighted by molar-refractivity contribution is -0.121. The first-order valence-corrected chi connectivity index (χ1v) is 8.61. The van der Waals surface area contributed by atoms with E-state index >= 15 is 0 Å². The maximum atomic E-state index is 13.1. The van der Waals surface area contributed by atoms with Gasteiger partial charge in [0.15, 0.2) is 0 Å². The van der Waals surface area contributed by atoms with Gasteiger partial charge in [-0.15, -0.1) is 0 Å². The van der Waals surface area contributed by atoms with E-state index < -0.39 is 11.4 Å². The molecule has 25 heavy (non-hydrogen) atoms. The summed E-state index contributed by atoms with van der Waals surface area (Å²) in [7, 11) is 0. The number of amides is 3. The molecule has 0 atom stereocenters. The molecule has 4 N–H and O–H groups in total. The van der Waals surface area contributed by atoms with Crippen LogP contribution < -0.4 is 16.4 Å². The first-order chi connectivity index (χ1) is 12.0. The SMILES string of the molecule is NC(=O)Nc1ccc(NC(=O)C2(c3cccc(Cl)c3)CCCC2)cc1. The van der Waals surface area contributed by atoms with Crippen molar-refractivity contribution in [1.29, 1.82) is 0 Å². The molecule has 3 rings (SSSR count). The molecule has 1 aliphatic carbocycles. The highest BCUT2D eigenvalue weighted by atomic mass is 35.5. The average molecular weight is 358 g/mol. The molecule has 0 aromatic heterocycles. The van der Waals surface area contributed by atoms with Gasteiger partial charge < -0.3 is 16.4 Å². The number of nitrogens with one attached hydrogen (secondary N) is 2. The highest BCUT2D eigenvalue weighted by molar-refractivity contribution is 6.30. The Balaban J connectivity index is 1.81. The smallest absolute Gasteiger partial charge is 0.316 e. The van der Waals surface area contributed by atoms with Crippen LogP contribution in [0.5, 0.6) is 0 Å². The van der Waals surface area contributed by atoms with E-state index in [0.29, 0.717) is 16.4 Å². The lowest BCUT2D eigenvalue weighted by Crippen LogP contribution is -2.38. The molecule has 3 amide bonds. The summed E-state index contributed by atoms with van der Waals surface area (Å²) in [5, 5.41) is 6.13. The summed E-state index contributed by atoms with van der Waals surface area (Å²) in [6.45, 7) is 0. The van der Waals surface area contributed by atoms with Crippen LogP contribution in [0.4, 0.5) is 16.2 Å². The van der Waals surface area contributed by atoms with Gasteiger partial charge in [0.25, 0.3) is 0 Å². The van der Waals surface area contributed by atoms with E-state index in [1.54, 1.807) is 24.3 Å². The molecule has 6 heteroatoms. The molecule has 1 saturated carbocycles. The van der Waals surface area contributed by atoms with Crippen LogP contribution in [0.25, 0.3) is 0 Å². The first-order valence-electron chi connectivity index (χ1n) is 8.24. The van der Waals surface area contributed by atoms with Gasteiger partial charge in [0.1, 0.15) is 0 Å². The van der Waals surface area contributed by atoms with Crippen LogP contribution in [-0.4, -0.2) is 11.9 Å². The van der Waals surface area contributed by atoms with Crippen LogP contribution in [0.15, 0.2) is 48.5 Å². The lowest BCUT2D eigenvalue weighted by Gasteiger charge is -2.28. The van der Waals surface area contributed by atoms with Crippen molar-refractivity contribution in [1.82, 2.24) is 0 Å². The molecular formula is C19H20ClN3O2. The van der Waals surface area contributed by atoms with Gasteiger partial charge in [0, 0.05) is 16.4 Å². The van der Waals surface area contributed by atoms with E-state index in [1.807, 2.05) is 24.3 Å². The van der Waals surface area contributed by atoms with E-state index in [0.717, 1.165) is 31.2 Å². The second-order valence-corrected chi connectivity index (χ2v) is 6.76. The lowest BCUT2D eigenvalue weighted by atomic mass is 9.78. The van der Waals surface area contributed by atoms with Gasteiger partial charge in [0.05, 0.1) is 5.41 Å². The molecule has 0 spiro atoms.